The van der Waals surface area contributed by atoms with Gasteiger partial charge in [0.25, 0.3) is 0 Å². The first kappa shape index (κ1) is 31.4. The summed E-state index contributed by atoms with van der Waals surface area (Å²) in [4.78, 5) is 12.9. The van der Waals surface area contributed by atoms with Gasteiger partial charge in [-0.25, -0.2) is 9.48 Å². The number of ether oxygens (including phenoxy) is 2. The number of nitrogens with one attached hydrogen (secondary N) is 1. The second-order valence-corrected chi connectivity index (χ2v) is 17.9. The van der Waals surface area contributed by atoms with E-state index in [2.05, 4.69) is 64.2 Å². The number of aromatic nitrogens is 2. The van der Waals surface area contributed by atoms with Gasteiger partial charge in [0.1, 0.15) is 18.0 Å². The van der Waals surface area contributed by atoms with Crippen molar-refractivity contribution in [1.29, 1.82) is 0 Å². The van der Waals surface area contributed by atoms with Gasteiger partial charge in [0, 0.05) is 31.2 Å². The number of benzene rings is 2. The lowest BCUT2D eigenvalue weighted by Gasteiger charge is -2.36. The zero-order valence-corrected chi connectivity index (χ0v) is 27.3. The Balaban J connectivity index is 1.30. The lowest BCUT2D eigenvalue weighted by molar-refractivity contribution is 0.0678. The summed E-state index contributed by atoms with van der Waals surface area (Å²) in [6.07, 6.45) is 1.60. The third-order valence-electron chi connectivity index (χ3n) is 8.39. The molecule has 10 heteroatoms. The topological polar surface area (TPSA) is 98.1 Å². The monoisotopic (exact) mass is 594 g/mol. The average Bonchev–Trinajstić information content (AvgIpc) is 3.26. The van der Waals surface area contributed by atoms with E-state index in [-0.39, 0.29) is 10.5 Å². The van der Waals surface area contributed by atoms with Crippen LogP contribution in [0.3, 0.4) is 0 Å². The van der Waals surface area contributed by atoms with Crippen molar-refractivity contribution in [3.8, 4) is 11.6 Å². The van der Waals surface area contributed by atoms with E-state index in [4.69, 9.17) is 13.9 Å². The number of rotatable bonds is 11. The Labute approximate surface area is 250 Å². The number of carbonyl (C=O) groups is 1. The van der Waals surface area contributed by atoms with Crippen LogP contribution in [0.25, 0.3) is 0 Å². The Kier molecular flexibility index (Phi) is 9.27. The summed E-state index contributed by atoms with van der Waals surface area (Å²) in [5, 5.41) is 17.3. The smallest absolute Gasteiger partial charge is 0.407 e. The molecule has 0 aliphatic carbocycles. The minimum Gasteiger partial charge on any atom is -0.544 e. The first-order valence-corrected chi connectivity index (χ1v) is 17.5. The zero-order valence-electron chi connectivity index (χ0n) is 26.3. The number of hydrogen-bond donors (Lipinski definition) is 2. The SMILES string of the molecule is Cn1ncc(Nc2ccc(O[Si](C)(C)C(C)(C)C)cc2)c1OCCOCC(C)(C)c1cccc2c1CCN(C(=O)O)C2. The lowest BCUT2D eigenvalue weighted by Crippen LogP contribution is -2.43. The molecule has 3 aromatic rings. The number of hydrogen-bond acceptors (Lipinski definition) is 6. The molecule has 1 aromatic heterocycles. The highest BCUT2D eigenvalue weighted by molar-refractivity contribution is 6.74. The maximum Gasteiger partial charge on any atom is 0.407 e. The maximum atomic E-state index is 11.4. The van der Waals surface area contributed by atoms with E-state index in [1.54, 1.807) is 10.9 Å². The van der Waals surface area contributed by atoms with Crippen LogP contribution < -0.4 is 14.5 Å². The Morgan fingerprint density at radius 3 is 2.45 bits per heavy atom. The highest BCUT2D eigenvalue weighted by atomic mass is 28.4. The van der Waals surface area contributed by atoms with E-state index in [1.165, 1.54) is 16.0 Å². The summed E-state index contributed by atoms with van der Waals surface area (Å²) in [7, 11) is -0.0441. The molecular formula is C32H46N4O5Si. The fraction of sp³-hybridized carbons (Fsp3) is 0.500. The zero-order chi connectivity index (χ0) is 30.7. The van der Waals surface area contributed by atoms with Crippen LogP contribution in [-0.2, 0) is 30.2 Å². The molecule has 0 saturated heterocycles. The van der Waals surface area contributed by atoms with Crippen molar-refractivity contribution in [3.05, 3.63) is 65.4 Å². The molecule has 9 nitrogen and oxygen atoms in total. The van der Waals surface area contributed by atoms with Gasteiger partial charge in [-0.15, -0.1) is 0 Å². The standard InChI is InChI=1S/C32H46N4O5Si/c1-31(2,3)42(7,8)41-25-14-12-24(13-15-25)34-28-20-33-35(6)29(28)40-19-18-39-22-32(4,5)27-11-9-10-23-21-36(30(37)38)17-16-26(23)27/h9-15,20,34H,16-19,21-22H2,1-8H3,(H,37,38). The van der Waals surface area contributed by atoms with E-state index in [0.29, 0.717) is 45.2 Å². The number of carboxylic acid groups (broad SMARTS) is 1. The van der Waals surface area contributed by atoms with Crippen LogP contribution >= 0.6 is 0 Å². The van der Waals surface area contributed by atoms with Gasteiger partial charge in [-0.2, -0.15) is 5.10 Å². The van der Waals surface area contributed by atoms with Crippen LogP contribution in [-0.4, -0.2) is 60.6 Å². The molecule has 0 saturated carbocycles. The molecule has 2 aromatic carbocycles. The Bertz CT molecular complexity index is 1380. The third kappa shape index (κ3) is 7.28. The molecule has 228 valence electrons. The predicted octanol–water partition coefficient (Wildman–Crippen LogP) is 6.96. The van der Waals surface area contributed by atoms with Crippen molar-refractivity contribution in [1.82, 2.24) is 14.7 Å². The highest BCUT2D eigenvalue weighted by Gasteiger charge is 2.39. The van der Waals surface area contributed by atoms with Gasteiger partial charge in [-0.1, -0.05) is 52.8 Å². The first-order valence-electron chi connectivity index (χ1n) is 14.6. The minimum absolute atomic E-state index is 0.137. The minimum atomic E-state index is -1.90. The van der Waals surface area contributed by atoms with Gasteiger partial charge >= 0.3 is 6.09 Å². The van der Waals surface area contributed by atoms with Crippen molar-refractivity contribution in [3.63, 3.8) is 0 Å². The van der Waals surface area contributed by atoms with Crippen molar-refractivity contribution in [2.75, 3.05) is 31.7 Å². The number of anilines is 2. The summed E-state index contributed by atoms with van der Waals surface area (Å²) < 4.78 is 20.3. The molecular weight excluding hydrogens is 548 g/mol. The fourth-order valence-corrected chi connectivity index (χ4v) is 5.93. The number of amides is 1. The van der Waals surface area contributed by atoms with Gasteiger partial charge in [-0.05, 0) is 65.5 Å². The largest absolute Gasteiger partial charge is 0.544 e. The van der Waals surface area contributed by atoms with Gasteiger partial charge in [0.05, 0.1) is 19.4 Å². The molecule has 0 unspecified atom stereocenters. The summed E-state index contributed by atoms with van der Waals surface area (Å²) in [5.74, 6) is 1.52. The number of aryl methyl sites for hydroxylation is 1. The molecule has 2 N–H and O–H groups in total. The van der Waals surface area contributed by atoms with Crippen molar-refractivity contribution >= 4 is 25.8 Å². The van der Waals surface area contributed by atoms with Crippen LogP contribution in [0.4, 0.5) is 16.2 Å². The summed E-state index contributed by atoms with van der Waals surface area (Å²) in [6.45, 7) is 17.8. The van der Waals surface area contributed by atoms with E-state index < -0.39 is 14.4 Å². The fourth-order valence-electron chi connectivity index (χ4n) is 4.90. The van der Waals surface area contributed by atoms with Crippen molar-refractivity contribution in [2.45, 2.75) is 71.1 Å². The molecule has 1 aliphatic rings. The summed E-state index contributed by atoms with van der Waals surface area (Å²) in [5.41, 5.74) is 5.01. The normalized spacial score (nSPS) is 14.0. The Hall–Kier alpha value is -3.50. The van der Waals surface area contributed by atoms with Crippen molar-refractivity contribution < 1.29 is 23.8 Å². The molecule has 1 aliphatic heterocycles. The van der Waals surface area contributed by atoms with Gasteiger partial charge in [0.15, 0.2) is 0 Å². The lowest BCUT2D eigenvalue weighted by atomic mass is 9.79. The van der Waals surface area contributed by atoms with Gasteiger partial charge in [-0.3, -0.25) is 0 Å². The van der Waals surface area contributed by atoms with Crippen LogP contribution in [0, 0.1) is 0 Å². The van der Waals surface area contributed by atoms with Crippen molar-refractivity contribution in [2.24, 2.45) is 7.05 Å². The highest BCUT2D eigenvalue weighted by Crippen LogP contribution is 2.38. The van der Waals surface area contributed by atoms with Crippen LogP contribution in [0.15, 0.2) is 48.7 Å². The molecule has 0 spiro atoms. The summed E-state index contributed by atoms with van der Waals surface area (Å²) >= 11 is 0. The molecule has 1 amide bonds. The average molecular weight is 595 g/mol. The Morgan fingerprint density at radius 1 is 1.07 bits per heavy atom. The van der Waals surface area contributed by atoms with E-state index >= 15 is 0 Å². The second kappa shape index (κ2) is 12.4. The molecule has 0 atom stereocenters. The summed E-state index contributed by atoms with van der Waals surface area (Å²) in [6, 6.07) is 14.2. The van der Waals surface area contributed by atoms with E-state index in [9.17, 15) is 9.90 Å². The molecule has 0 radical (unpaired) electrons. The van der Waals surface area contributed by atoms with Gasteiger partial charge in [0.2, 0.25) is 14.2 Å². The number of nitrogens with zero attached hydrogens (tertiary/aromatic N) is 3. The molecule has 42 heavy (non-hydrogen) atoms. The van der Waals surface area contributed by atoms with E-state index in [0.717, 1.165) is 22.7 Å². The Morgan fingerprint density at radius 2 is 1.79 bits per heavy atom. The van der Waals surface area contributed by atoms with Crippen LogP contribution in [0.1, 0.15) is 51.3 Å². The third-order valence-corrected chi connectivity index (χ3v) is 12.8. The predicted molar refractivity (Wildman–Crippen MR) is 169 cm³/mol. The quantitative estimate of drug-likeness (QED) is 0.183. The number of fused-ring (bicyclic) bond motifs is 1. The van der Waals surface area contributed by atoms with Crippen LogP contribution in [0.5, 0.6) is 11.6 Å². The van der Waals surface area contributed by atoms with E-state index in [1.807, 2.05) is 43.4 Å². The molecule has 2 heterocycles. The first-order chi connectivity index (χ1) is 19.7. The second-order valence-electron chi connectivity index (χ2n) is 13.2. The maximum absolute atomic E-state index is 11.4. The van der Waals surface area contributed by atoms with Crippen LogP contribution in [0.2, 0.25) is 18.1 Å². The molecule has 4 rings (SSSR count). The molecule has 0 fully saturated rings. The van der Waals surface area contributed by atoms with Gasteiger partial charge < -0.3 is 29.2 Å². The molecule has 0 bridgehead atoms.